The lowest BCUT2D eigenvalue weighted by Crippen LogP contribution is -2.39. The second-order valence-corrected chi connectivity index (χ2v) is 12.3. The molecule has 1 unspecified atom stereocenters. The van der Waals surface area contributed by atoms with Crippen molar-refractivity contribution in [2.75, 3.05) is 43.5 Å². The van der Waals surface area contributed by atoms with Crippen molar-refractivity contribution in [3.8, 4) is 0 Å². The van der Waals surface area contributed by atoms with Crippen LogP contribution in [0.3, 0.4) is 0 Å². The molecule has 1 aliphatic rings. The first-order valence-corrected chi connectivity index (χ1v) is 14.8. The molecule has 0 bridgehead atoms. The molecule has 0 saturated carbocycles. The summed E-state index contributed by atoms with van der Waals surface area (Å²) < 4.78 is 19.8. The number of carbonyl (C=O) groups is 3. The minimum atomic E-state index is -0.454. The van der Waals surface area contributed by atoms with Gasteiger partial charge < -0.3 is 19.9 Å². The summed E-state index contributed by atoms with van der Waals surface area (Å²) in [4.78, 5) is 39.4. The highest BCUT2D eigenvalue weighted by Gasteiger charge is 2.42. The van der Waals surface area contributed by atoms with Crippen LogP contribution in [0.1, 0.15) is 49.5 Å². The van der Waals surface area contributed by atoms with Crippen molar-refractivity contribution < 1.29 is 23.5 Å². The Labute approximate surface area is 262 Å². The predicted octanol–water partition coefficient (Wildman–Crippen LogP) is 7.29. The first kappa shape index (κ1) is 34.0. The van der Waals surface area contributed by atoms with E-state index in [9.17, 15) is 18.8 Å². The zero-order chi connectivity index (χ0) is 31.7. The molecule has 1 fully saturated rings. The van der Waals surface area contributed by atoms with Gasteiger partial charge in [0.05, 0.1) is 23.6 Å². The van der Waals surface area contributed by atoms with E-state index in [4.69, 9.17) is 27.9 Å². The fourth-order valence-corrected chi connectivity index (χ4v) is 5.64. The standard InChI is InChI=1S/C26H32ClFN2O3.C7H6ClNO/c1-6-30(18-12-10-17(11-13-18)25(32)33-5)24(31)21-15-29(16-26(2,3)4)14-20(21)19-8-7-9-22(27)23(19)28;8-6-2-1-3-7(4-6)9-5-10/h7-13,20-21H,6,14-16H2,1-5H3;1-5H,(H,9,10)/t20?,21-;/m1./s1. The molecule has 10 heteroatoms. The summed E-state index contributed by atoms with van der Waals surface area (Å²) in [6, 6.07) is 18.7. The van der Waals surface area contributed by atoms with Gasteiger partial charge in [-0.15, -0.1) is 0 Å². The van der Waals surface area contributed by atoms with Gasteiger partial charge in [-0.3, -0.25) is 9.59 Å². The van der Waals surface area contributed by atoms with Crippen LogP contribution in [0, 0.1) is 17.2 Å². The summed E-state index contributed by atoms with van der Waals surface area (Å²) in [5, 5.41) is 3.17. The second-order valence-electron chi connectivity index (χ2n) is 11.5. The number of ether oxygens (including phenoxy) is 1. The highest BCUT2D eigenvalue weighted by Crippen LogP contribution is 2.38. The summed E-state index contributed by atoms with van der Waals surface area (Å²) in [5.74, 6) is -1.67. The number of esters is 1. The van der Waals surface area contributed by atoms with Crippen molar-refractivity contribution in [3.63, 3.8) is 0 Å². The Morgan fingerprint density at radius 1 is 1.07 bits per heavy atom. The number of anilines is 2. The van der Waals surface area contributed by atoms with Crippen LogP contribution >= 0.6 is 23.2 Å². The molecule has 4 rings (SSSR count). The molecule has 3 aromatic carbocycles. The number of amides is 2. The van der Waals surface area contributed by atoms with E-state index >= 15 is 0 Å². The van der Waals surface area contributed by atoms with Gasteiger partial charge in [-0.1, -0.05) is 62.2 Å². The maximum atomic E-state index is 15.0. The van der Waals surface area contributed by atoms with Gasteiger partial charge in [0.15, 0.2) is 0 Å². The molecule has 2 atom stereocenters. The SMILES string of the molecule is CCN(C(=O)[C@@H]1CN(CC(C)(C)C)CC1c1cccc(Cl)c1F)c1ccc(C(=O)OC)cc1.O=CNc1cccc(Cl)c1. The molecule has 0 aliphatic carbocycles. The highest BCUT2D eigenvalue weighted by molar-refractivity contribution is 6.31. The number of methoxy groups -OCH3 is 1. The molecule has 0 aromatic heterocycles. The van der Waals surface area contributed by atoms with Crippen LogP contribution in [0.25, 0.3) is 0 Å². The quantitative estimate of drug-likeness (QED) is 0.209. The summed E-state index contributed by atoms with van der Waals surface area (Å²) >= 11 is 11.7. The third-order valence-corrected chi connectivity index (χ3v) is 7.55. The van der Waals surface area contributed by atoms with Gasteiger partial charge in [0.1, 0.15) is 5.82 Å². The van der Waals surface area contributed by atoms with E-state index in [0.29, 0.717) is 53.6 Å². The fraction of sp³-hybridized carbons (Fsp3) is 0.364. The summed E-state index contributed by atoms with van der Waals surface area (Å²) in [6.07, 6.45) is 0.617. The molecule has 3 aromatic rings. The Morgan fingerprint density at radius 2 is 1.74 bits per heavy atom. The molecule has 1 aliphatic heterocycles. The topological polar surface area (TPSA) is 79.0 Å². The Bertz CT molecular complexity index is 1410. The monoisotopic (exact) mass is 629 g/mol. The lowest BCUT2D eigenvalue weighted by molar-refractivity contribution is -0.122. The molecule has 1 saturated heterocycles. The maximum absolute atomic E-state index is 15.0. The summed E-state index contributed by atoms with van der Waals surface area (Å²) in [6.45, 7) is 10.7. The summed E-state index contributed by atoms with van der Waals surface area (Å²) in [7, 11) is 1.33. The minimum absolute atomic E-state index is 0.0452. The fourth-order valence-electron chi connectivity index (χ4n) is 5.26. The third-order valence-electron chi connectivity index (χ3n) is 7.02. The molecule has 1 heterocycles. The molecule has 0 radical (unpaired) electrons. The molecular weight excluding hydrogens is 592 g/mol. The van der Waals surface area contributed by atoms with Crippen LogP contribution < -0.4 is 10.2 Å². The van der Waals surface area contributed by atoms with Crippen LogP contribution in [-0.2, 0) is 14.3 Å². The predicted molar refractivity (Wildman–Crippen MR) is 170 cm³/mol. The average Bonchev–Trinajstić information content (AvgIpc) is 3.37. The number of rotatable bonds is 8. The number of nitrogens with zero attached hydrogens (tertiary/aromatic N) is 2. The average molecular weight is 631 g/mol. The van der Waals surface area contributed by atoms with Crippen molar-refractivity contribution in [2.24, 2.45) is 11.3 Å². The number of carbonyl (C=O) groups excluding carboxylic acids is 3. The summed E-state index contributed by atoms with van der Waals surface area (Å²) in [5.41, 5.74) is 2.34. The zero-order valence-electron chi connectivity index (χ0n) is 25.1. The number of benzene rings is 3. The third kappa shape index (κ3) is 9.26. The Morgan fingerprint density at radius 3 is 2.33 bits per heavy atom. The molecule has 7 nitrogen and oxygen atoms in total. The Hall–Kier alpha value is -3.46. The lowest BCUT2D eigenvalue weighted by Gasteiger charge is -2.28. The molecular formula is C33H38Cl2FN3O4. The second kappa shape index (κ2) is 15.3. The smallest absolute Gasteiger partial charge is 0.337 e. The van der Waals surface area contributed by atoms with Gasteiger partial charge in [-0.25, -0.2) is 9.18 Å². The van der Waals surface area contributed by atoms with E-state index in [1.807, 2.05) is 6.92 Å². The normalized spacial score (nSPS) is 16.6. The van der Waals surface area contributed by atoms with Crippen molar-refractivity contribution in [2.45, 2.75) is 33.6 Å². The highest BCUT2D eigenvalue weighted by atomic mass is 35.5. The van der Waals surface area contributed by atoms with Gasteiger partial charge in [-0.2, -0.15) is 0 Å². The van der Waals surface area contributed by atoms with Crippen molar-refractivity contribution in [3.05, 3.63) is 93.7 Å². The first-order chi connectivity index (χ1) is 20.4. The number of hydrogen-bond donors (Lipinski definition) is 1. The number of likely N-dealkylation sites (tertiary alicyclic amines) is 1. The molecule has 2 amide bonds. The van der Waals surface area contributed by atoms with Gasteiger partial charge in [-0.05, 0) is 66.4 Å². The maximum Gasteiger partial charge on any atom is 0.337 e. The largest absolute Gasteiger partial charge is 0.465 e. The lowest BCUT2D eigenvalue weighted by atomic mass is 9.87. The van der Waals surface area contributed by atoms with E-state index in [1.54, 1.807) is 65.6 Å². The number of halogens is 3. The van der Waals surface area contributed by atoms with E-state index in [-0.39, 0.29) is 22.3 Å². The van der Waals surface area contributed by atoms with Crippen molar-refractivity contribution in [1.82, 2.24) is 4.90 Å². The number of nitrogens with one attached hydrogen (secondary N) is 1. The first-order valence-electron chi connectivity index (χ1n) is 14.0. The van der Waals surface area contributed by atoms with E-state index < -0.39 is 17.7 Å². The van der Waals surface area contributed by atoms with Gasteiger partial charge >= 0.3 is 5.97 Å². The number of hydrogen-bond acceptors (Lipinski definition) is 5. The van der Waals surface area contributed by atoms with Crippen LogP contribution in [0.5, 0.6) is 0 Å². The van der Waals surface area contributed by atoms with Crippen LogP contribution in [-0.4, -0.2) is 56.5 Å². The molecule has 230 valence electrons. The van der Waals surface area contributed by atoms with Crippen molar-refractivity contribution >= 4 is 52.9 Å². The van der Waals surface area contributed by atoms with Crippen LogP contribution in [0.4, 0.5) is 15.8 Å². The van der Waals surface area contributed by atoms with Gasteiger partial charge in [0.2, 0.25) is 12.3 Å². The van der Waals surface area contributed by atoms with Crippen molar-refractivity contribution in [1.29, 1.82) is 0 Å². The van der Waals surface area contributed by atoms with Gasteiger partial charge in [0.25, 0.3) is 0 Å². The molecule has 1 N–H and O–H groups in total. The minimum Gasteiger partial charge on any atom is -0.465 e. The zero-order valence-corrected chi connectivity index (χ0v) is 26.6. The molecule has 0 spiro atoms. The van der Waals surface area contributed by atoms with E-state index in [0.717, 1.165) is 6.54 Å². The van der Waals surface area contributed by atoms with E-state index in [2.05, 4.69) is 31.0 Å². The van der Waals surface area contributed by atoms with Crippen LogP contribution in [0.2, 0.25) is 10.0 Å². The van der Waals surface area contributed by atoms with Crippen LogP contribution in [0.15, 0.2) is 66.7 Å². The van der Waals surface area contributed by atoms with E-state index in [1.165, 1.54) is 13.2 Å². The Balaban J connectivity index is 0.000000428. The molecule has 43 heavy (non-hydrogen) atoms. The van der Waals surface area contributed by atoms with Gasteiger partial charge in [0, 0.05) is 48.5 Å². The Kier molecular flexibility index (Phi) is 12.1.